The van der Waals surface area contributed by atoms with E-state index >= 15 is 0 Å². The Morgan fingerprint density at radius 1 is 1.20 bits per heavy atom. The van der Waals surface area contributed by atoms with Crippen molar-refractivity contribution in [2.24, 2.45) is 0 Å². The summed E-state index contributed by atoms with van der Waals surface area (Å²) in [5, 5.41) is 27.4. The monoisotopic (exact) mass is 540 g/mol. The molecule has 1 saturated heterocycles. The fourth-order valence-electron chi connectivity index (χ4n) is 4.94. The second-order valence-corrected chi connectivity index (χ2v) is 11.2. The Bertz CT molecular complexity index is 1650. The molecule has 1 aliphatic heterocycles. The number of nitrogen functional groups attached to an aromatic ring is 1. The minimum absolute atomic E-state index is 0.178. The van der Waals surface area contributed by atoms with Crippen molar-refractivity contribution in [1.29, 1.82) is 0 Å². The van der Waals surface area contributed by atoms with Crippen LogP contribution in [-0.4, -0.2) is 54.3 Å². The summed E-state index contributed by atoms with van der Waals surface area (Å²) in [6, 6.07) is 9.73. The standard InChI is InChI=1S/C28H32N10O2/c1-28(2,3)21-13-22(36-40-21)32-23(39)12-16-4-6-17(7-5-16)25-24-26(35-34-25)19(14-31-27(24)29)20-15-38(37-33-20)18-8-10-30-11-9-18/h4-7,13-15,18,30H,8-12H2,1-3H3,(H2,29,31)(H,34,35)(H,32,36,39). The summed E-state index contributed by atoms with van der Waals surface area (Å²) in [7, 11) is 0. The molecular formula is C28H32N10O2. The van der Waals surface area contributed by atoms with E-state index in [-0.39, 0.29) is 17.7 Å². The van der Waals surface area contributed by atoms with E-state index in [1.54, 1.807) is 12.3 Å². The first-order valence-electron chi connectivity index (χ1n) is 13.4. The second kappa shape index (κ2) is 10.2. The summed E-state index contributed by atoms with van der Waals surface area (Å²) in [5.74, 6) is 1.31. The number of carbonyl (C=O) groups excluding carboxylic acids is 1. The number of fused-ring (bicyclic) bond motifs is 1. The third kappa shape index (κ3) is 5.05. The predicted molar refractivity (Wildman–Crippen MR) is 151 cm³/mol. The van der Waals surface area contributed by atoms with E-state index in [0.29, 0.717) is 34.8 Å². The van der Waals surface area contributed by atoms with Crippen molar-refractivity contribution in [1.82, 2.24) is 40.6 Å². The van der Waals surface area contributed by atoms with E-state index in [2.05, 4.69) is 41.3 Å². The average Bonchev–Trinajstić information content (AvgIpc) is 3.70. The minimum Gasteiger partial charge on any atom is -0.383 e. The SMILES string of the molecule is CC(C)(C)c1cc(NC(=O)Cc2ccc(-c3n[nH]c4c(-c5cn(C6CCNCC6)nn5)cnc(N)c34)cc2)no1. The first-order valence-corrected chi connectivity index (χ1v) is 13.4. The van der Waals surface area contributed by atoms with Gasteiger partial charge < -0.3 is 20.9 Å². The van der Waals surface area contributed by atoms with Crippen molar-refractivity contribution in [2.75, 3.05) is 24.1 Å². The lowest BCUT2D eigenvalue weighted by molar-refractivity contribution is -0.115. The molecule has 0 radical (unpaired) electrons. The van der Waals surface area contributed by atoms with Crippen LogP contribution in [0.5, 0.6) is 0 Å². The molecule has 5 N–H and O–H groups in total. The smallest absolute Gasteiger partial charge is 0.230 e. The number of H-pyrrole nitrogens is 1. The number of aromatic nitrogens is 7. The molecule has 0 aliphatic carbocycles. The number of piperidine rings is 1. The fourth-order valence-corrected chi connectivity index (χ4v) is 4.94. The zero-order valence-electron chi connectivity index (χ0n) is 22.7. The molecule has 12 heteroatoms. The molecule has 0 spiro atoms. The Kier molecular flexibility index (Phi) is 6.54. The molecule has 5 heterocycles. The Morgan fingerprint density at radius 2 is 1.98 bits per heavy atom. The largest absolute Gasteiger partial charge is 0.383 e. The number of carbonyl (C=O) groups is 1. The Labute approximate surface area is 230 Å². The number of hydrogen-bond acceptors (Lipinski definition) is 9. The quantitative estimate of drug-likeness (QED) is 0.250. The van der Waals surface area contributed by atoms with Crippen LogP contribution in [0.3, 0.4) is 0 Å². The molecule has 6 rings (SSSR count). The molecular weight excluding hydrogens is 508 g/mol. The van der Waals surface area contributed by atoms with Gasteiger partial charge in [-0.15, -0.1) is 5.10 Å². The maximum Gasteiger partial charge on any atom is 0.230 e. The lowest BCUT2D eigenvalue weighted by Crippen LogP contribution is -2.29. The van der Waals surface area contributed by atoms with Crippen LogP contribution in [-0.2, 0) is 16.6 Å². The summed E-state index contributed by atoms with van der Waals surface area (Å²) >= 11 is 0. The Hall–Kier alpha value is -4.58. The molecule has 1 fully saturated rings. The van der Waals surface area contributed by atoms with Crippen LogP contribution in [0.2, 0.25) is 0 Å². The lowest BCUT2D eigenvalue weighted by atomic mass is 9.93. The first kappa shape index (κ1) is 25.7. The number of nitrogens with two attached hydrogens (primary N) is 1. The third-order valence-electron chi connectivity index (χ3n) is 7.20. The summed E-state index contributed by atoms with van der Waals surface area (Å²) < 4.78 is 7.29. The van der Waals surface area contributed by atoms with Gasteiger partial charge in [-0.25, -0.2) is 9.67 Å². The highest BCUT2D eigenvalue weighted by atomic mass is 16.5. The molecule has 1 aliphatic rings. The van der Waals surface area contributed by atoms with Gasteiger partial charge >= 0.3 is 0 Å². The van der Waals surface area contributed by atoms with Gasteiger partial charge in [-0.3, -0.25) is 9.89 Å². The summed E-state index contributed by atoms with van der Waals surface area (Å²) in [4.78, 5) is 17.0. The van der Waals surface area contributed by atoms with Crippen molar-refractivity contribution in [3.8, 4) is 22.5 Å². The van der Waals surface area contributed by atoms with Crippen molar-refractivity contribution in [3.05, 3.63) is 54.0 Å². The highest BCUT2D eigenvalue weighted by Gasteiger charge is 2.22. The number of rotatable bonds is 6. The maximum atomic E-state index is 12.6. The highest BCUT2D eigenvalue weighted by molar-refractivity contribution is 6.05. The third-order valence-corrected chi connectivity index (χ3v) is 7.20. The number of pyridine rings is 1. The van der Waals surface area contributed by atoms with Gasteiger partial charge in [0.15, 0.2) is 5.82 Å². The zero-order chi connectivity index (χ0) is 27.9. The molecule has 4 aromatic heterocycles. The molecule has 206 valence electrons. The number of anilines is 2. The molecule has 0 atom stereocenters. The van der Waals surface area contributed by atoms with Crippen LogP contribution in [0.15, 0.2) is 47.2 Å². The highest BCUT2D eigenvalue weighted by Crippen LogP contribution is 2.35. The van der Waals surface area contributed by atoms with Crippen LogP contribution >= 0.6 is 0 Å². The Balaban J connectivity index is 1.20. The van der Waals surface area contributed by atoms with E-state index in [9.17, 15) is 4.79 Å². The van der Waals surface area contributed by atoms with E-state index < -0.39 is 0 Å². The molecule has 40 heavy (non-hydrogen) atoms. The van der Waals surface area contributed by atoms with E-state index in [0.717, 1.165) is 53.5 Å². The van der Waals surface area contributed by atoms with Crippen LogP contribution in [0.25, 0.3) is 33.4 Å². The number of benzene rings is 1. The van der Waals surface area contributed by atoms with Crippen LogP contribution < -0.4 is 16.4 Å². The van der Waals surface area contributed by atoms with Gasteiger partial charge in [0.25, 0.3) is 0 Å². The summed E-state index contributed by atoms with van der Waals surface area (Å²) in [6.07, 6.45) is 5.90. The van der Waals surface area contributed by atoms with E-state index in [4.69, 9.17) is 10.3 Å². The van der Waals surface area contributed by atoms with Crippen LogP contribution in [0.4, 0.5) is 11.6 Å². The molecule has 1 aromatic carbocycles. The molecule has 0 bridgehead atoms. The number of amides is 1. The summed E-state index contributed by atoms with van der Waals surface area (Å²) in [5.41, 5.74) is 10.8. The Morgan fingerprint density at radius 3 is 2.70 bits per heavy atom. The molecule has 0 unspecified atom stereocenters. The number of hydrogen-bond donors (Lipinski definition) is 4. The number of nitrogens with one attached hydrogen (secondary N) is 3. The van der Waals surface area contributed by atoms with E-state index in [1.165, 1.54) is 0 Å². The second-order valence-electron chi connectivity index (χ2n) is 11.2. The van der Waals surface area contributed by atoms with Gasteiger partial charge in [0.2, 0.25) is 5.91 Å². The van der Waals surface area contributed by atoms with Crippen molar-refractivity contribution >= 4 is 28.4 Å². The number of nitrogens with zero attached hydrogens (tertiary/aromatic N) is 6. The van der Waals surface area contributed by atoms with Crippen molar-refractivity contribution in [3.63, 3.8) is 0 Å². The van der Waals surface area contributed by atoms with Crippen LogP contribution in [0.1, 0.15) is 51.0 Å². The molecule has 0 saturated carbocycles. The minimum atomic E-state index is -0.187. The number of aromatic amines is 1. The van der Waals surface area contributed by atoms with Gasteiger partial charge in [-0.1, -0.05) is 55.4 Å². The fraction of sp³-hybridized carbons (Fsp3) is 0.357. The van der Waals surface area contributed by atoms with Crippen molar-refractivity contribution < 1.29 is 9.32 Å². The zero-order valence-corrected chi connectivity index (χ0v) is 22.7. The van der Waals surface area contributed by atoms with Gasteiger partial charge in [0.05, 0.1) is 29.6 Å². The van der Waals surface area contributed by atoms with Crippen molar-refractivity contribution in [2.45, 2.75) is 51.5 Å². The topological polar surface area (TPSA) is 165 Å². The maximum absolute atomic E-state index is 12.6. The normalized spacial score (nSPS) is 14.6. The molecule has 1 amide bonds. The van der Waals surface area contributed by atoms with Gasteiger partial charge in [0, 0.05) is 28.8 Å². The lowest BCUT2D eigenvalue weighted by Gasteiger charge is -2.22. The van der Waals surface area contributed by atoms with Crippen LogP contribution in [0, 0.1) is 0 Å². The van der Waals surface area contributed by atoms with Gasteiger partial charge in [0.1, 0.15) is 23.0 Å². The average molecular weight is 541 g/mol. The summed E-state index contributed by atoms with van der Waals surface area (Å²) in [6.45, 7) is 8.01. The molecule has 12 nitrogen and oxygen atoms in total. The van der Waals surface area contributed by atoms with Gasteiger partial charge in [-0.2, -0.15) is 5.10 Å². The first-order chi connectivity index (χ1) is 19.3. The molecule has 5 aromatic rings. The predicted octanol–water partition coefficient (Wildman–Crippen LogP) is 3.86. The van der Waals surface area contributed by atoms with Gasteiger partial charge in [-0.05, 0) is 31.5 Å². The van der Waals surface area contributed by atoms with E-state index in [1.807, 2.05) is 55.9 Å².